The molecule has 9 heavy (non-hydrogen) atoms. The number of halogens is 3. The smallest absolute Gasteiger partial charge is 0.117 e. The second-order valence-electron chi connectivity index (χ2n) is 0.816. The van der Waals surface area contributed by atoms with E-state index in [4.69, 9.17) is 0 Å². The fraction of sp³-hybridized carbons (Fsp3) is 1.00. The van der Waals surface area contributed by atoms with Crippen molar-refractivity contribution < 1.29 is 0 Å². The van der Waals surface area contributed by atoms with E-state index in [9.17, 15) is 0 Å². The molecule has 0 amide bonds. The lowest BCUT2D eigenvalue weighted by atomic mass is 11.0. The van der Waals surface area contributed by atoms with E-state index in [0.29, 0.717) is 0 Å². The monoisotopic (exact) mass is 496 g/mol. The Bertz CT molecular complexity index is 15.8. The maximum absolute atomic E-state index is 2.58. The molecular formula is C4H13Al2I3. The Morgan fingerprint density at radius 2 is 0.778 bits per heavy atom. The lowest BCUT2D eigenvalue weighted by molar-refractivity contribution is 1.48. The Morgan fingerprint density at radius 1 is 0.778 bits per heavy atom. The van der Waals surface area contributed by atoms with Crippen molar-refractivity contribution in [2.45, 2.75) is 24.4 Å². The first-order chi connectivity index (χ1) is 2.83. The van der Waals surface area contributed by atoms with Crippen LogP contribution in [0.15, 0.2) is 0 Å². The minimum absolute atomic E-state index is 0. The summed E-state index contributed by atoms with van der Waals surface area (Å²) in [6.45, 7) is 4.18. The molecule has 0 N–H and O–H groups in total. The van der Waals surface area contributed by atoms with Gasteiger partial charge in [-0.1, -0.05) is 13.8 Å². The molecule has 0 aromatic heterocycles. The van der Waals surface area contributed by atoms with Gasteiger partial charge in [-0.3, -0.25) is 0 Å². The highest BCUT2D eigenvalue weighted by Gasteiger charge is 1.37. The molecule has 0 heterocycles. The Kier molecular flexibility index (Phi) is 140. The SMILES string of the molecule is C[CH2][Al].C[CH2][Al].I.I.I. The van der Waals surface area contributed by atoms with Crippen molar-refractivity contribution >= 4 is 105 Å². The zero-order valence-electron chi connectivity index (χ0n) is 5.79. The lowest BCUT2D eigenvalue weighted by Crippen LogP contribution is -1.41. The molecule has 0 unspecified atom stereocenters. The first-order valence-corrected chi connectivity index (χ1v) is 3.86. The molecule has 5 heteroatoms. The van der Waals surface area contributed by atoms with Crippen LogP contribution in [0.2, 0.25) is 10.6 Å². The van der Waals surface area contributed by atoms with Crippen LogP contribution in [0.4, 0.5) is 0 Å². The lowest BCUT2D eigenvalue weighted by Gasteiger charge is -1.47. The number of hydrogen-bond donors (Lipinski definition) is 0. The summed E-state index contributed by atoms with van der Waals surface area (Å²) in [6, 6.07) is 0. The Morgan fingerprint density at radius 3 is 0.778 bits per heavy atom. The van der Waals surface area contributed by atoms with Gasteiger partial charge in [-0.2, -0.15) is 0 Å². The van der Waals surface area contributed by atoms with Crippen molar-refractivity contribution in [1.82, 2.24) is 0 Å². The summed E-state index contributed by atoms with van der Waals surface area (Å²) in [5.74, 6) is 0. The van der Waals surface area contributed by atoms with Crippen molar-refractivity contribution in [3.05, 3.63) is 0 Å². The molecule has 0 aliphatic heterocycles. The molecule has 0 spiro atoms. The van der Waals surface area contributed by atoms with Crippen LogP contribution >= 0.6 is 71.9 Å². The summed E-state index contributed by atoms with van der Waals surface area (Å²) in [4.78, 5) is 0. The molecule has 0 bridgehead atoms. The molecule has 0 rings (SSSR count). The van der Waals surface area contributed by atoms with E-state index in [0.717, 1.165) is 0 Å². The normalized spacial score (nSPS) is 3.78. The van der Waals surface area contributed by atoms with Gasteiger partial charge in [-0.05, 0) is 0 Å². The predicted molar refractivity (Wildman–Crippen MR) is 78.7 cm³/mol. The third kappa shape index (κ3) is 91.0. The van der Waals surface area contributed by atoms with Crippen molar-refractivity contribution in [1.29, 1.82) is 0 Å². The highest BCUT2D eigenvalue weighted by atomic mass is 127. The summed E-state index contributed by atoms with van der Waals surface area (Å²) < 4.78 is 0. The fourth-order valence-electron chi connectivity index (χ4n) is 0. The van der Waals surface area contributed by atoms with Gasteiger partial charge in [0, 0.05) is 0 Å². The second-order valence-corrected chi connectivity index (χ2v) is 2.45. The topological polar surface area (TPSA) is 0 Å². The molecular weight excluding hydrogens is 483 g/mol. The summed E-state index contributed by atoms with van der Waals surface area (Å²) in [7, 11) is 0. The third-order valence-corrected chi connectivity index (χ3v) is 0. The summed E-state index contributed by atoms with van der Waals surface area (Å²) in [5.41, 5.74) is 0. The highest BCUT2D eigenvalue weighted by molar-refractivity contribution is 14.0. The van der Waals surface area contributed by atoms with Crippen molar-refractivity contribution in [3.63, 3.8) is 0 Å². The molecule has 0 saturated heterocycles. The largest absolute Gasteiger partial charge is 0.120 e. The fourth-order valence-corrected chi connectivity index (χ4v) is 0. The summed E-state index contributed by atoms with van der Waals surface area (Å²) >= 11 is 5.16. The molecule has 0 aromatic carbocycles. The number of rotatable bonds is 0. The van der Waals surface area contributed by atoms with Crippen molar-refractivity contribution in [3.8, 4) is 0 Å². The van der Waals surface area contributed by atoms with Crippen LogP contribution in [0, 0.1) is 0 Å². The Balaban J connectivity index is -0.00000000889. The minimum atomic E-state index is 0. The standard InChI is InChI=1S/2C2H5.2Al.3HI/c2*1-2;;;;;/h2*1H2,2H3;;;3*1H. The van der Waals surface area contributed by atoms with E-state index in [1.165, 1.54) is 10.6 Å². The molecule has 56 valence electrons. The molecule has 0 aliphatic carbocycles. The maximum atomic E-state index is 2.58. The van der Waals surface area contributed by atoms with Crippen LogP contribution in [0.1, 0.15) is 13.8 Å². The van der Waals surface area contributed by atoms with Crippen LogP contribution in [-0.2, 0) is 0 Å². The van der Waals surface area contributed by atoms with Gasteiger partial charge >= 0.3 is 0 Å². The Hall–Kier alpha value is 3.25. The van der Waals surface area contributed by atoms with Crippen LogP contribution < -0.4 is 0 Å². The third-order valence-electron chi connectivity index (χ3n) is 0. The molecule has 4 radical (unpaired) electrons. The molecule has 0 aromatic rings. The predicted octanol–water partition coefficient (Wildman–Crippen LogP) is 3.04. The zero-order valence-corrected chi connectivity index (χ0v) is 15.1. The van der Waals surface area contributed by atoms with E-state index in [-0.39, 0.29) is 71.9 Å². The average Bonchev–Trinajstić information content (AvgIpc) is 1.39. The van der Waals surface area contributed by atoms with Crippen molar-refractivity contribution in [2.75, 3.05) is 0 Å². The van der Waals surface area contributed by atoms with Gasteiger partial charge in [0.1, 0.15) is 32.6 Å². The first-order valence-electron chi connectivity index (χ1n) is 2.23. The summed E-state index contributed by atoms with van der Waals surface area (Å²) in [5, 5.41) is 2.33. The second kappa shape index (κ2) is 42.9. The summed E-state index contributed by atoms with van der Waals surface area (Å²) in [6.07, 6.45) is 0. The van der Waals surface area contributed by atoms with Crippen LogP contribution in [-0.4, -0.2) is 32.6 Å². The van der Waals surface area contributed by atoms with Crippen molar-refractivity contribution in [2.24, 2.45) is 0 Å². The first kappa shape index (κ1) is 29.5. The minimum Gasteiger partial charge on any atom is -0.120 e. The van der Waals surface area contributed by atoms with E-state index in [2.05, 4.69) is 46.4 Å². The molecule has 0 fully saturated rings. The van der Waals surface area contributed by atoms with Crippen LogP contribution in [0.25, 0.3) is 0 Å². The molecule has 0 nitrogen and oxygen atoms in total. The Labute approximate surface area is 127 Å². The van der Waals surface area contributed by atoms with Gasteiger partial charge in [0.05, 0.1) is 0 Å². The molecule has 0 atom stereocenters. The van der Waals surface area contributed by atoms with Gasteiger partial charge in [0.15, 0.2) is 0 Å². The van der Waals surface area contributed by atoms with Gasteiger partial charge in [-0.25, -0.2) is 0 Å². The number of hydrogen-bond acceptors (Lipinski definition) is 0. The maximum Gasteiger partial charge on any atom is 0.117 e. The highest BCUT2D eigenvalue weighted by Crippen LogP contribution is 1.49. The van der Waals surface area contributed by atoms with Gasteiger partial charge in [0.25, 0.3) is 0 Å². The molecule has 0 aliphatic rings. The van der Waals surface area contributed by atoms with E-state index in [1.807, 2.05) is 0 Å². The molecule has 0 saturated carbocycles. The van der Waals surface area contributed by atoms with E-state index >= 15 is 0 Å². The quantitative estimate of drug-likeness (QED) is 0.358. The van der Waals surface area contributed by atoms with Gasteiger partial charge < -0.3 is 0 Å². The zero-order chi connectivity index (χ0) is 5.41. The van der Waals surface area contributed by atoms with Crippen LogP contribution in [0.3, 0.4) is 0 Å². The van der Waals surface area contributed by atoms with Gasteiger partial charge in [0.2, 0.25) is 0 Å². The van der Waals surface area contributed by atoms with Crippen LogP contribution in [0.5, 0.6) is 0 Å². The average molecular weight is 496 g/mol. The van der Waals surface area contributed by atoms with Gasteiger partial charge in [-0.15, -0.1) is 82.5 Å². The van der Waals surface area contributed by atoms with E-state index in [1.54, 1.807) is 0 Å². The van der Waals surface area contributed by atoms with E-state index < -0.39 is 0 Å².